The van der Waals surface area contributed by atoms with E-state index in [0.717, 1.165) is 25.2 Å². The number of Topliss-reactive ketones (excluding diaryl/α,β-unsaturated/α-hetero) is 1. The maximum atomic E-state index is 11.2. The Morgan fingerprint density at radius 3 is 2.33 bits per heavy atom. The van der Waals surface area contributed by atoms with Crippen LogP contribution in [0.4, 0.5) is 0 Å². The van der Waals surface area contributed by atoms with Gasteiger partial charge in [0.25, 0.3) is 0 Å². The predicted molar refractivity (Wildman–Crippen MR) is 51.0 cm³/mol. The summed E-state index contributed by atoms with van der Waals surface area (Å²) in [4.78, 5) is 11.2. The molecule has 70 valence electrons. The maximum absolute atomic E-state index is 11.2. The summed E-state index contributed by atoms with van der Waals surface area (Å²) in [6.07, 6.45) is 5.23. The smallest absolute Gasteiger partial charge is 0.133 e. The monoisotopic (exact) mass is 168 g/mol. The van der Waals surface area contributed by atoms with Crippen LogP contribution in [0.5, 0.6) is 0 Å². The van der Waals surface area contributed by atoms with E-state index in [0.29, 0.717) is 11.2 Å². The molecule has 0 bridgehead atoms. The third-order valence-corrected chi connectivity index (χ3v) is 3.55. The first kappa shape index (κ1) is 9.76. The van der Waals surface area contributed by atoms with E-state index in [1.54, 1.807) is 0 Å². The summed E-state index contributed by atoms with van der Waals surface area (Å²) < 4.78 is 0. The Morgan fingerprint density at radius 1 is 1.42 bits per heavy atom. The standard InChI is InChI=1S/C11H20O/c1-4-9(5-2)11(3)7-6-10(12)8-11/h9H,4-8H2,1-3H3. The highest BCUT2D eigenvalue weighted by Crippen LogP contribution is 2.44. The molecule has 0 amide bonds. The van der Waals surface area contributed by atoms with Gasteiger partial charge in [-0.2, -0.15) is 0 Å². The van der Waals surface area contributed by atoms with Crippen molar-refractivity contribution in [2.24, 2.45) is 11.3 Å². The maximum Gasteiger partial charge on any atom is 0.133 e. The van der Waals surface area contributed by atoms with Gasteiger partial charge in [-0.15, -0.1) is 0 Å². The van der Waals surface area contributed by atoms with Crippen LogP contribution >= 0.6 is 0 Å². The summed E-state index contributed by atoms with van der Waals surface area (Å²) in [5.74, 6) is 1.23. The molecule has 0 heterocycles. The Labute approximate surface area is 75.5 Å². The summed E-state index contributed by atoms with van der Waals surface area (Å²) in [5, 5.41) is 0. The number of rotatable bonds is 3. The van der Waals surface area contributed by atoms with E-state index in [9.17, 15) is 4.79 Å². The van der Waals surface area contributed by atoms with Crippen molar-refractivity contribution in [1.82, 2.24) is 0 Å². The van der Waals surface area contributed by atoms with Crippen LogP contribution in [0.1, 0.15) is 52.9 Å². The van der Waals surface area contributed by atoms with E-state index in [1.807, 2.05) is 0 Å². The molecule has 0 aliphatic heterocycles. The van der Waals surface area contributed by atoms with Crippen molar-refractivity contribution in [3.05, 3.63) is 0 Å². The Kier molecular flexibility index (Phi) is 2.92. The fourth-order valence-corrected chi connectivity index (χ4v) is 2.67. The van der Waals surface area contributed by atoms with Gasteiger partial charge in [-0.3, -0.25) is 4.79 Å². The van der Waals surface area contributed by atoms with Crippen molar-refractivity contribution in [2.45, 2.75) is 52.9 Å². The molecular formula is C11H20O. The van der Waals surface area contributed by atoms with Crippen molar-refractivity contribution in [1.29, 1.82) is 0 Å². The zero-order valence-corrected chi connectivity index (χ0v) is 8.52. The van der Waals surface area contributed by atoms with Gasteiger partial charge in [0.2, 0.25) is 0 Å². The molecule has 0 aromatic rings. The van der Waals surface area contributed by atoms with Crippen LogP contribution in [0.3, 0.4) is 0 Å². The quantitative estimate of drug-likeness (QED) is 0.632. The van der Waals surface area contributed by atoms with E-state index in [2.05, 4.69) is 20.8 Å². The summed E-state index contributed by atoms with van der Waals surface area (Å²) >= 11 is 0. The second-order valence-corrected chi connectivity index (χ2v) is 4.38. The number of hydrogen-bond donors (Lipinski definition) is 0. The molecule has 0 N–H and O–H groups in total. The second kappa shape index (κ2) is 3.59. The van der Waals surface area contributed by atoms with Crippen LogP contribution in [0.15, 0.2) is 0 Å². The minimum atomic E-state index is 0.334. The molecule has 0 aromatic heterocycles. The lowest BCUT2D eigenvalue weighted by molar-refractivity contribution is -0.118. The van der Waals surface area contributed by atoms with Crippen molar-refractivity contribution < 1.29 is 4.79 Å². The van der Waals surface area contributed by atoms with Gasteiger partial charge >= 0.3 is 0 Å². The highest BCUT2D eigenvalue weighted by atomic mass is 16.1. The minimum Gasteiger partial charge on any atom is -0.300 e. The van der Waals surface area contributed by atoms with Gasteiger partial charge in [0.05, 0.1) is 0 Å². The number of carbonyl (C=O) groups excluding carboxylic acids is 1. The van der Waals surface area contributed by atoms with Gasteiger partial charge in [0.15, 0.2) is 0 Å². The molecule has 1 fully saturated rings. The topological polar surface area (TPSA) is 17.1 Å². The molecule has 0 saturated heterocycles. The molecule has 1 atom stereocenters. The summed E-state index contributed by atoms with van der Waals surface area (Å²) in [6.45, 7) is 6.76. The van der Waals surface area contributed by atoms with Crippen LogP contribution in [0, 0.1) is 11.3 Å². The largest absolute Gasteiger partial charge is 0.300 e. The van der Waals surface area contributed by atoms with E-state index in [4.69, 9.17) is 0 Å². The predicted octanol–water partition coefficient (Wildman–Crippen LogP) is 3.18. The van der Waals surface area contributed by atoms with Gasteiger partial charge in [-0.25, -0.2) is 0 Å². The zero-order chi connectivity index (χ0) is 9.19. The molecule has 1 rings (SSSR count). The second-order valence-electron chi connectivity index (χ2n) is 4.38. The minimum absolute atomic E-state index is 0.334. The Hall–Kier alpha value is -0.330. The third-order valence-electron chi connectivity index (χ3n) is 3.55. The first-order valence-electron chi connectivity index (χ1n) is 5.14. The zero-order valence-electron chi connectivity index (χ0n) is 8.52. The SMILES string of the molecule is CCC(CC)C1(C)CCC(=O)C1. The molecule has 1 aliphatic carbocycles. The van der Waals surface area contributed by atoms with Gasteiger partial charge in [0, 0.05) is 12.8 Å². The van der Waals surface area contributed by atoms with Crippen LogP contribution < -0.4 is 0 Å². The highest BCUT2D eigenvalue weighted by Gasteiger charge is 2.38. The van der Waals surface area contributed by atoms with E-state index in [-0.39, 0.29) is 0 Å². The van der Waals surface area contributed by atoms with Gasteiger partial charge in [-0.1, -0.05) is 33.6 Å². The average Bonchev–Trinajstić information content (AvgIpc) is 2.34. The first-order valence-corrected chi connectivity index (χ1v) is 5.14. The lowest BCUT2D eigenvalue weighted by Gasteiger charge is -2.31. The van der Waals surface area contributed by atoms with Crippen molar-refractivity contribution in [2.75, 3.05) is 0 Å². The third kappa shape index (κ3) is 1.70. The molecule has 1 unspecified atom stereocenters. The molecule has 1 saturated carbocycles. The van der Waals surface area contributed by atoms with Crippen molar-refractivity contribution >= 4 is 5.78 Å². The molecule has 1 aliphatic rings. The van der Waals surface area contributed by atoms with Crippen LogP contribution in [0.2, 0.25) is 0 Å². The fourth-order valence-electron chi connectivity index (χ4n) is 2.67. The number of hydrogen-bond acceptors (Lipinski definition) is 1. The molecule has 0 aromatic carbocycles. The fraction of sp³-hybridized carbons (Fsp3) is 0.909. The van der Waals surface area contributed by atoms with Crippen molar-refractivity contribution in [3.63, 3.8) is 0 Å². The average molecular weight is 168 g/mol. The lowest BCUT2D eigenvalue weighted by Crippen LogP contribution is -2.23. The molecular weight excluding hydrogens is 148 g/mol. The molecule has 1 nitrogen and oxygen atoms in total. The molecule has 0 radical (unpaired) electrons. The number of carbonyl (C=O) groups is 1. The summed E-state index contributed by atoms with van der Waals surface area (Å²) in [6, 6.07) is 0. The molecule has 12 heavy (non-hydrogen) atoms. The normalized spacial score (nSPS) is 30.2. The Bertz CT molecular complexity index is 170. The van der Waals surface area contributed by atoms with Gasteiger partial charge < -0.3 is 0 Å². The van der Waals surface area contributed by atoms with Crippen LogP contribution in [-0.4, -0.2) is 5.78 Å². The van der Waals surface area contributed by atoms with Gasteiger partial charge in [-0.05, 0) is 17.8 Å². The van der Waals surface area contributed by atoms with E-state index in [1.165, 1.54) is 12.8 Å². The summed E-state index contributed by atoms with van der Waals surface area (Å²) in [5.41, 5.74) is 0.334. The Balaban J connectivity index is 2.64. The molecule has 0 spiro atoms. The summed E-state index contributed by atoms with van der Waals surface area (Å²) in [7, 11) is 0. The van der Waals surface area contributed by atoms with Crippen LogP contribution in [-0.2, 0) is 4.79 Å². The highest BCUT2D eigenvalue weighted by molar-refractivity contribution is 5.81. The first-order chi connectivity index (χ1) is 5.62. The lowest BCUT2D eigenvalue weighted by atomic mass is 9.73. The van der Waals surface area contributed by atoms with E-state index < -0.39 is 0 Å². The van der Waals surface area contributed by atoms with E-state index >= 15 is 0 Å². The van der Waals surface area contributed by atoms with Crippen LogP contribution in [0.25, 0.3) is 0 Å². The number of ketones is 1. The van der Waals surface area contributed by atoms with Crippen molar-refractivity contribution in [3.8, 4) is 0 Å². The Morgan fingerprint density at radius 2 is 2.00 bits per heavy atom. The van der Waals surface area contributed by atoms with Gasteiger partial charge in [0.1, 0.15) is 5.78 Å². The molecule has 1 heteroatoms.